The van der Waals surface area contributed by atoms with E-state index in [2.05, 4.69) is 37.2 Å². The van der Waals surface area contributed by atoms with Gasteiger partial charge >= 0.3 is 0 Å². The van der Waals surface area contributed by atoms with Crippen LogP contribution >= 0.6 is 11.3 Å². The van der Waals surface area contributed by atoms with Crippen LogP contribution in [0.5, 0.6) is 0 Å². The van der Waals surface area contributed by atoms with E-state index in [1.807, 2.05) is 18.0 Å². The van der Waals surface area contributed by atoms with Crippen molar-refractivity contribution in [2.45, 2.75) is 39.0 Å². The smallest absolute Gasteiger partial charge is 0.236 e. The summed E-state index contributed by atoms with van der Waals surface area (Å²) in [5.41, 5.74) is 0.141. The van der Waals surface area contributed by atoms with Crippen LogP contribution in [-0.2, 0) is 16.1 Å². The molecule has 0 spiro atoms. The Kier molecular flexibility index (Phi) is 4.32. The van der Waals surface area contributed by atoms with Gasteiger partial charge in [-0.25, -0.2) is 0 Å². The minimum atomic E-state index is 0.141. The predicted octanol–water partition coefficient (Wildman–Crippen LogP) is 2.45. The Hall–Kier alpha value is -0.910. The maximum atomic E-state index is 12.5. The molecule has 4 nitrogen and oxygen atoms in total. The number of ether oxygens (including phenoxy) is 1. The van der Waals surface area contributed by atoms with Gasteiger partial charge in [0, 0.05) is 35.9 Å². The van der Waals surface area contributed by atoms with Crippen LogP contribution in [-0.4, -0.2) is 55.1 Å². The summed E-state index contributed by atoms with van der Waals surface area (Å²) < 4.78 is 5.85. The molecule has 3 rings (SSSR count). The monoisotopic (exact) mass is 322 g/mol. The summed E-state index contributed by atoms with van der Waals surface area (Å²) in [5.74, 6) is 0.782. The highest BCUT2D eigenvalue weighted by Gasteiger charge is 2.60. The van der Waals surface area contributed by atoms with E-state index >= 15 is 0 Å². The van der Waals surface area contributed by atoms with Gasteiger partial charge in [0.1, 0.15) is 0 Å². The molecule has 1 aliphatic heterocycles. The molecular formula is C17H26N2O2S. The van der Waals surface area contributed by atoms with Gasteiger partial charge in [-0.3, -0.25) is 9.69 Å². The van der Waals surface area contributed by atoms with Crippen molar-refractivity contribution in [1.29, 1.82) is 0 Å². The molecule has 1 amide bonds. The van der Waals surface area contributed by atoms with E-state index in [0.29, 0.717) is 31.2 Å². The molecule has 0 unspecified atom stereocenters. The molecular weight excluding hydrogens is 296 g/mol. The molecule has 5 heteroatoms. The van der Waals surface area contributed by atoms with Crippen molar-refractivity contribution >= 4 is 17.2 Å². The van der Waals surface area contributed by atoms with Gasteiger partial charge in [-0.2, -0.15) is 0 Å². The average Bonchev–Trinajstić information content (AvgIpc) is 3.08. The van der Waals surface area contributed by atoms with E-state index < -0.39 is 0 Å². The highest BCUT2D eigenvalue weighted by Crippen LogP contribution is 2.54. The molecule has 22 heavy (non-hydrogen) atoms. The van der Waals surface area contributed by atoms with Crippen molar-refractivity contribution in [3.8, 4) is 0 Å². The largest absolute Gasteiger partial charge is 0.377 e. The topological polar surface area (TPSA) is 32.8 Å². The number of hydrogen-bond donors (Lipinski definition) is 0. The van der Waals surface area contributed by atoms with Gasteiger partial charge in [0.15, 0.2) is 0 Å². The van der Waals surface area contributed by atoms with E-state index in [9.17, 15) is 4.79 Å². The lowest BCUT2D eigenvalue weighted by Crippen LogP contribution is -2.66. The van der Waals surface area contributed by atoms with Crippen molar-refractivity contribution in [2.75, 3.05) is 27.2 Å². The van der Waals surface area contributed by atoms with Crippen LogP contribution in [0.2, 0.25) is 0 Å². The van der Waals surface area contributed by atoms with Crippen molar-refractivity contribution in [3.05, 3.63) is 22.4 Å². The molecule has 2 fully saturated rings. The van der Waals surface area contributed by atoms with Crippen LogP contribution in [0.4, 0.5) is 0 Å². The number of carbonyl (C=O) groups is 1. The number of amides is 1. The molecule has 1 aromatic heterocycles. The third-order valence-electron chi connectivity index (χ3n) is 5.30. The normalized spacial score (nSPS) is 29.2. The summed E-state index contributed by atoms with van der Waals surface area (Å²) in [6.45, 7) is 6.59. The quantitative estimate of drug-likeness (QED) is 0.835. The molecule has 1 saturated carbocycles. The average molecular weight is 322 g/mol. The number of fused-ring (bicyclic) bond motifs is 1. The first-order chi connectivity index (χ1) is 10.4. The van der Waals surface area contributed by atoms with E-state index in [4.69, 9.17) is 4.74 Å². The molecule has 1 saturated heterocycles. The summed E-state index contributed by atoms with van der Waals surface area (Å²) >= 11 is 1.70. The zero-order chi connectivity index (χ0) is 15.9. The minimum Gasteiger partial charge on any atom is -0.377 e. The maximum absolute atomic E-state index is 12.5. The van der Waals surface area contributed by atoms with Crippen LogP contribution in [0, 0.1) is 11.3 Å². The Morgan fingerprint density at radius 1 is 1.45 bits per heavy atom. The van der Waals surface area contributed by atoms with Gasteiger partial charge in [-0.1, -0.05) is 19.9 Å². The van der Waals surface area contributed by atoms with Crippen molar-refractivity contribution in [3.63, 3.8) is 0 Å². The van der Waals surface area contributed by atoms with Gasteiger partial charge in [0.2, 0.25) is 5.91 Å². The molecule has 2 heterocycles. The van der Waals surface area contributed by atoms with Crippen LogP contribution in [0.1, 0.15) is 25.1 Å². The van der Waals surface area contributed by atoms with E-state index in [1.165, 1.54) is 4.88 Å². The summed E-state index contributed by atoms with van der Waals surface area (Å²) in [6, 6.07) is 4.55. The third-order valence-corrected chi connectivity index (χ3v) is 6.16. The second-order valence-electron chi connectivity index (χ2n) is 7.25. The summed E-state index contributed by atoms with van der Waals surface area (Å²) in [6.07, 6.45) is 1.50. The Morgan fingerprint density at radius 2 is 2.23 bits per heavy atom. The lowest BCUT2D eigenvalue weighted by molar-refractivity contribution is -0.157. The lowest BCUT2D eigenvalue weighted by Gasteiger charge is -2.57. The number of rotatable bonds is 5. The Bertz CT molecular complexity index is 529. The van der Waals surface area contributed by atoms with Crippen molar-refractivity contribution in [2.24, 2.45) is 11.3 Å². The van der Waals surface area contributed by atoms with Gasteiger partial charge < -0.3 is 9.64 Å². The molecule has 1 aromatic rings. The minimum absolute atomic E-state index is 0.141. The number of carbonyl (C=O) groups excluding carboxylic acids is 1. The van der Waals surface area contributed by atoms with E-state index in [1.54, 1.807) is 11.3 Å². The van der Waals surface area contributed by atoms with Crippen molar-refractivity contribution in [1.82, 2.24) is 9.80 Å². The SMILES string of the molecule is CN(Cc1cccs1)C(=O)CN(C)[C@@H]1[C@@H]2CCO[C@H]2C1(C)C. The Balaban J connectivity index is 1.57. The lowest BCUT2D eigenvalue weighted by atomic mass is 9.57. The Labute approximate surface area is 137 Å². The molecule has 0 radical (unpaired) electrons. The fourth-order valence-electron chi connectivity index (χ4n) is 4.35. The second-order valence-corrected chi connectivity index (χ2v) is 8.29. The first-order valence-electron chi connectivity index (χ1n) is 7.99. The highest BCUT2D eigenvalue weighted by atomic mass is 32.1. The zero-order valence-corrected chi connectivity index (χ0v) is 14.7. The standard InChI is InChI=1S/C17H26N2O2S/c1-17(2)15(13-7-8-21-16(13)17)19(4)11-14(20)18(3)10-12-6-5-9-22-12/h5-6,9,13,15-16H,7-8,10-11H2,1-4H3/t13-,15+,16+/m0/s1. The first kappa shape index (κ1) is 16.0. The molecule has 0 N–H and O–H groups in total. The molecule has 0 aromatic carbocycles. The van der Waals surface area contributed by atoms with Crippen LogP contribution in [0.3, 0.4) is 0 Å². The Morgan fingerprint density at radius 3 is 2.91 bits per heavy atom. The maximum Gasteiger partial charge on any atom is 0.236 e. The highest BCUT2D eigenvalue weighted by molar-refractivity contribution is 7.09. The predicted molar refractivity (Wildman–Crippen MR) is 88.8 cm³/mol. The van der Waals surface area contributed by atoms with Gasteiger partial charge in [-0.15, -0.1) is 11.3 Å². The third kappa shape index (κ3) is 2.70. The number of thiophene rings is 1. The summed E-state index contributed by atoms with van der Waals surface area (Å²) in [5, 5.41) is 2.05. The van der Waals surface area contributed by atoms with Gasteiger partial charge in [0.25, 0.3) is 0 Å². The van der Waals surface area contributed by atoms with E-state index in [-0.39, 0.29) is 11.3 Å². The van der Waals surface area contributed by atoms with Gasteiger partial charge in [-0.05, 0) is 24.9 Å². The second kappa shape index (κ2) is 5.95. The van der Waals surface area contributed by atoms with E-state index in [0.717, 1.165) is 13.0 Å². The number of nitrogens with zero attached hydrogens (tertiary/aromatic N) is 2. The van der Waals surface area contributed by atoms with Crippen LogP contribution in [0.25, 0.3) is 0 Å². The molecule has 2 aliphatic rings. The van der Waals surface area contributed by atoms with Gasteiger partial charge in [0.05, 0.1) is 19.2 Å². The van der Waals surface area contributed by atoms with Crippen LogP contribution < -0.4 is 0 Å². The summed E-state index contributed by atoms with van der Waals surface area (Å²) in [4.78, 5) is 17.8. The molecule has 122 valence electrons. The molecule has 1 aliphatic carbocycles. The first-order valence-corrected chi connectivity index (χ1v) is 8.87. The zero-order valence-electron chi connectivity index (χ0n) is 13.9. The van der Waals surface area contributed by atoms with Crippen LogP contribution in [0.15, 0.2) is 17.5 Å². The van der Waals surface area contributed by atoms with Crippen molar-refractivity contribution < 1.29 is 9.53 Å². The number of hydrogen-bond acceptors (Lipinski definition) is 4. The molecule has 3 atom stereocenters. The fourth-order valence-corrected chi connectivity index (χ4v) is 5.11. The molecule has 0 bridgehead atoms. The fraction of sp³-hybridized carbons (Fsp3) is 0.706. The summed E-state index contributed by atoms with van der Waals surface area (Å²) in [7, 11) is 3.97. The number of likely N-dealkylation sites (N-methyl/N-ethyl adjacent to an activating group) is 2.